The second-order valence-electron chi connectivity index (χ2n) is 4.85. The lowest BCUT2D eigenvalue weighted by atomic mass is 9.81. The Hall–Kier alpha value is -1.39. The van der Waals surface area contributed by atoms with Crippen LogP contribution in [0.25, 0.3) is 0 Å². The molecule has 0 atom stereocenters. The van der Waals surface area contributed by atoms with Crippen molar-refractivity contribution in [3.05, 3.63) is 35.4 Å². The molecule has 4 N–H and O–H groups in total. The monoisotopic (exact) mass is 264 g/mol. The number of benzene rings is 1. The van der Waals surface area contributed by atoms with Gasteiger partial charge in [0.25, 0.3) is 0 Å². The molecule has 0 saturated heterocycles. The number of aliphatic hydroxyl groups is 1. The summed E-state index contributed by atoms with van der Waals surface area (Å²) < 4.78 is 0. The molecule has 1 aromatic rings. The smallest absolute Gasteiger partial charge is 0.227 e. The highest BCUT2D eigenvalue weighted by Crippen LogP contribution is 2.25. The predicted molar refractivity (Wildman–Crippen MR) is 76.3 cm³/mol. The number of carbonyl (C=O) groups excluding carboxylic acids is 1. The first-order chi connectivity index (χ1) is 9.11. The lowest BCUT2D eigenvalue weighted by molar-refractivity contribution is -0.131. The molecule has 0 unspecified atom stereocenters. The van der Waals surface area contributed by atoms with E-state index < -0.39 is 5.41 Å². The van der Waals surface area contributed by atoms with Gasteiger partial charge in [-0.05, 0) is 24.0 Å². The summed E-state index contributed by atoms with van der Waals surface area (Å²) in [5.41, 5.74) is 7.12. The van der Waals surface area contributed by atoms with Crippen LogP contribution in [0.1, 0.15) is 37.8 Å². The molecular formula is C15H24N2O2. The van der Waals surface area contributed by atoms with Gasteiger partial charge in [-0.2, -0.15) is 0 Å². The van der Waals surface area contributed by atoms with Gasteiger partial charge in [-0.15, -0.1) is 0 Å². The molecule has 19 heavy (non-hydrogen) atoms. The third-order valence-electron chi connectivity index (χ3n) is 3.85. The van der Waals surface area contributed by atoms with E-state index in [1.165, 1.54) is 0 Å². The molecule has 1 rings (SSSR count). The second-order valence-corrected chi connectivity index (χ2v) is 4.85. The maximum atomic E-state index is 12.2. The highest BCUT2D eigenvalue weighted by Gasteiger charge is 2.32. The third-order valence-corrected chi connectivity index (χ3v) is 3.85. The molecule has 106 valence electrons. The van der Waals surface area contributed by atoms with Gasteiger partial charge >= 0.3 is 0 Å². The van der Waals surface area contributed by atoms with E-state index in [0.29, 0.717) is 13.1 Å². The van der Waals surface area contributed by atoms with Crippen molar-refractivity contribution < 1.29 is 9.90 Å². The van der Waals surface area contributed by atoms with Crippen LogP contribution in [0.4, 0.5) is 0 Å². The van der Waals surface area contributed by atoms with Gasteiger partial charge in [0, 0.05) is 13.1 Å². The fourth-order valence-corrected chi connectivity index (χ4v) is 2.16. The Kier molecular flexibility index (Phi) is 5.99. The summed E-state index contributed by atoms with van der Waals surface area (Å²) in [6.07, 6.45) is 1.48. The van der Waals surface area contributed by atoms with Gasteiger partial charge in [-0.1, -0.05) is 38.1 Å². The van der Waals surface area contributed by atoms with Crippen LogP contribution in [0.2, 0.25) is 0 Å². The number of hydrogen-bond acceptors (Lipinski definition) is 3. The van der Waals surface area contributed by atoms with Crippen molar-refractivity contribution in [3.8, 4) is 0 Å². The zero-order valence-corrected chi connectivity index (χ0v) is 11.8. The highest BCUT2D eigenvalue weighted by molar-refractivity contribution is 5.82. The van der Waals surface area contributed by atoms with Crippen molar-refractivity contribution in [1.29, 1.82) is 0 Å². The summed E-state index contributed by atoms with van der Waals surface area (Å²) in [7, 11) is 0. The first-order valence-electron chi connectivity index (χ1n) is 6.79. The molecule has 0 saturated carbocycles. The molecule has 1 amide bonds. The molecule has 0 heterocycles. The molecule has 0 bridgehead atoms. The third kappa shape index (κ3) is 3.78. The number of amides is 1. The Bertz CT molecular complexity index is 406. The predicted octanol–water partition coefficient (Wildman–Crippen LogP) is 1.56. The summed E-state index contributed by atoms with van der Waals surface area (Å²) >= 11 is 0. The van der Waals surface area contributed by atoms with Crippen LogP contribution in [0.3, 0.4) is 0 Å². The minimum Gasteiger partial charge on any atom is -0.392 e. The van der Waals surface area contributed by atoms with Crippen LogP contribution in [-0.4, -0.2) is 17.6 Å². The number of aliphatic hydroxyl groups excluding tert-OH is 1. The number of rotatable bonds is 7. The molecule has 0 aliphatic rings. The molecule has 0 aliphatic heterocycles. The van der Waals surface area contributed by atoms with E-state index in [-0.39, 0.29) is 12.5 Å². The number of nitrogens with two attached hydrogens (primary N) is 1. The number of nitrogens with one attached hydrogen (secondary N) is 1. The number of carbonyl (C=O) groups is 1. The normalized spacial score (nSPS) is 11.4. The molecule has 0 spiro atoms. The Morgan fingerprint density at radius 2 is 1.95 bits per heavy atom. The summed E-state index contributed by atoms with van der Waals surface area (Å²) in [6, 6.07) is 7.56. The van der Waals surface area contributed by atoms with Crippen molar-refractivity contribution in [2.75, 3.05) is 6.54 Å². The zero-order chi connectivity index (χ0) is 14.3. The van der Waals surface area contributed by atoms with Crippen LogP contribution >= 0.6 is 0 Å². The van der Waals surface area contributed by atoms with Gasteiger partial charge in [0.05, 0.1) is 12.0 Å². The number of hydrogen-bond donors (Lipinski definition) is 3. The highest BCUT2D eigenvalue weighted by atomic mass is 16.3. The van der Waals surface area contributed by atoms with E-state index in [1.54, 1.807) is 0 Å². The maximum Gasteiger partial charge on any atom is 0.227 e. The van der Waals surface area contributed by atoms with Gasteiger partial charge in [0.1, 0.15) is 0 Å². The zero-order valence-electron chi connectivity index (χ0n) is 11.8. The van der Waals surface area contributed by atoms with Crippen molar-refractivity contribution in [2.45, 2.75) is 39.8 Å². The topological polar surface area (TPSA) is 75.4 Å². The Morgan fingerprint density at radius 3 is 2.47 bits per heavy atom. The summed E-state index contributed by atoms with van der Waals surface area (Å²) in [5, 5.41) is 12.0. The maximum absolute atomic E-state index is 12.2. The molecule has 0 radical (unpaired) electrons. The molecule has 0 aliphatic carbocycles. The SMILES string of the molecule is CCC(CC)(CN)C(=O)NCc1cccc(CO)c1. The average molecular weight is 264 g/mol. The summed E-state index contributed by atoms with van der Waals surface area (Å²) in [4.78, 5) is 12.2. The largest absolute Gasteiger partial charge is 0.392 e. The van der Waals surface area contributed by atoms with Crippen LogP contribution < -0.4 is 11.1 Å². The Balaban J connectivity index is 2.67. The quantitative estimate of drug-likeness (QED) is 0.699. The van der Waals surface area contributed by atoms with E-state index >= 15 is 0 Å². The van der Waals surface area contributed by atoms with E-state index in [0.717, 1.165) is 24.0 Å². The van der Waals surface area contributed by atoms with Crippen LogP contribution in [0.15, 0.2) is 24.3 Å². The molecule has 1 aromatic carbocycles. The fraction of sp³-hybridized carbons (Fsp3) is 0.533. The van der Waals surface area contributed by atoms with Crippen molar-refractivity contribution >= 4 is 5.91 Å². The summed E-state index contributed by atoms with van der Waals surface area (Å²) in [5.74, 6) is 0.00871. The van der Waals surface area contributed by atoms with Crippen LogP contribution in [-0.2, 0) is 17.9 Å². The molecule has 0 aromatic heterocycles. The first kappa shape index (κ1) is 15.7. The van der Waals surface area contributed by atoms with Crippen molar-refractivity contribution in [3.63, 3.8) is 0 Å². The fourth-order valence-electron chi connectivity index (χ4n) is 2.16. The van der Waals surface area contributed by atoms with E-state index in [9.17, 15) is 4.79 Å². The average Bonchev–Trinajstić information content (AvgIpc) is 2.47. The van der Waals surface area contributed by atoms with E-state index in [2.05, 4.69) is 5.32 Å². The van der Waals surface area contributed by atoms with Gasteiger partial charge in [-0.3, -0.25) is 4.79 Å². The van der Waals surface area contributed by atoms with Gasteiger partial charge < -0.3 is 16.2 Å². The minimum absolute atomic E-state index is 0.00871. The van der Waals surface area contributed by atoms with Crippen LogP contribution in [0, 0.1) is 5.41 Å². The van der Waals surface area contributed by atoms with Crippen LogP contribution in [0.5, 0.6) is 0 Å². The molecule has 4 nitrogen and oxygen atoms in total. The van der Waals surface area contributed by atoms with Crippen molar-refractivity contribution in [1.82, 2.24) is 5.32 Å². The Labute approximate surface area is 115 Å². The van der Waals surface area contributed by atoms with E-state index in [4.69, 9.17) is 10.8 Å². The first-order valence-corrected chi connectivity index (χ1v) is 6.79. The molecular weight excluding hydrogens is 240 g/mol. The Morgan fingerprint density at radius 1 is 1.32 bits per heavy atom. The second kappa shape index (κ2) is 7.26. The standard InChI is InChI=1S/C15H24N2O2/c1-3-15(4-2,11-16)14(19)17-9-12-6-5-7-13(8-12)10-18/h5-8,18H,3-4,9-11,16H2,1-2H3,(H,17,19). The molecule has 4 heteroatoms. The minimum atomic E-state index is -0.464. The van der Waals surface area contributed by atoms with Crippen molar-refractivity contribution in [2.24, 2.45) is 11.1 Å². The van der Waals surface area contributed by atoms with Gasteiger partial charge in [0.15, 0.2) is 0 Å². The van der Waals surface area contributed by atoms with E-state index in [1.807, 2.05) is 38.1 Å². The molecule has 0 fully saturated rings. The van der Waals surface area contributed by atoms with Gasteiger partial charge in [0.2, 0.25) is 5.91 Å². The lowest BCUT2D eigenvalue weighted by Crippen LogP contribution is -2.45. The lowest BCUT2D eigenvalue weighted by Gasteiger charge is -2.28. The van der Waals surface area contributed by atoms with Gasteiger partial charge in [-0.25, -0.2) is 0 Å². The summed E-state index contributed by atoms with van der Waals surface area (Å²) in [6.45, 7) is 4.82.